The van der Waals surface area contributed by atoms with Crippen LogP contribution in [-0.2, 0) is 14.3 Å². The van der Waals surface area contributed by atoms with Gasteiger partial charge in [-0.15, -0.1) is 0 Å². The van der Waals surface area contributed by atoms with Crippen molar-refractivity contribution in [1.82, 2.24) is 0 Å². The van der Waals surface area contributed by atoms with E-state index in [-0.39, 0.29) is 19.1 Å². The lowest BCUT2D eigenvalue weighted by atomic mass is 9.94. The van der Waals surface area contributed by atoms with Gasteiger partial charge in [-0.2, -0.15) is 0 Å². The third-order valence-corrected chi connectivity index (χ3v) is 4.93. The van der Waals surface area contributed by atoms with Crippen LogP contribution in [0.3, 0.4) is 0 Å². The zero-order valence-corrected chi connectivity index (χ0v) is 20.3. The highest BCUT2D eigenvalue weighted by atomic mass is 16.6. The molecule has 0 bridgehead atoms. The van der Waals surface area contributed by atoms with E-state index in [1.807, 2.05) is 25.1 Å². The van der Waals surface area contributed by atoms with Gasteiger partial charge in [-0.3, -0.25) is 5.32 Å². The molecule has 2 N–H and O–H groups in total. The van der Waals surface area contributed by atoms with Crippen molar-refractivity contribution in [3.8, 4) is 11.5 Å². The van der Waals surface area contributed by atoms with Crippen molar-refractivity contribution in [1.29, 1.82) is 0 Å². The first kappa shape index (κ1) is 27.5. The van der Waals surface area contributed by atoms with Crippen LogP contribution in [0.25, 0.3) is 0 Å². The molecule has 0 unspecified atom stereocenters. The van der Waals surface area contributed by atoms with Crippen molar-refractivity contribution < 1.29 is 33.6 Å². The summed E-state index contributed by atoms with van der Waals surface area (Å²) < 4.78 is 21.2. The Morgan fingerprint density at radius 1 is 1.03 bits per heavy atom. The molecule has 0 saturated heterocycles. The van der Waals surface area contributed by atoms with Crippen molar-refractivity contribution in [2.75, 3.05) is 32.2 Å². The zero-order chi connectivity index (χ0) is 25.5. The standard InChI is InChI=1S/C27H33NO7/c1-4-33-25(30)9-7-5-6-8-20(2)26(21-10-14-24(15-11-21)34-19-18-29)35-27(31)28-22-12-16-23(32-3)17-13-22/h5-7,9-17,20,26,29H,4,8,18-19H2,1-3H3,(H,28,31)/b6-5+,9-7+/t20-,26-/m0/s1. The molecule has 8 nitrogen and oxygen atoms in total. The third-order valence-electron chi connectivity index (χ3n) is 4.93. The average molecular weight is 484 g/mol. The Hall–Kier alpha value is -3.78. The van der Waals surface area contributed by atoms with E-state index in [2.05, 4.69) is 5.32 Å². The van der Waals surface area contributed by atoms with E-state index in [1.165, 1.54) is 6.08 Å². The van der Waals surface area contributed by atoms with Gasteiger partial charge in [0.25, 0.3) is 0 Å². The predicted molar refractivity (Wildman–Crippen MR) is 134 cm³/mol. The summed E-state index contributed by atoms with van der Waals surface area (Å²) in [6.45, 7) is 4.17. The molecule has 35 heavy (non-hydrogen) atoms. The molecule has 0 aliphatic heterocycles. The summed E-state index contributed by atoms with van der Waals surface area (Å²) in [7, 11) is 1.57. The number of ether oxygens (including phenoxy) is 4. The van der Waals surface area contributed by atoms with Crippen LogP contribution in [0.5, 0.6) is 11.5 Å². The molecule has 2 rings (SSSR count). The molecule has 1 amide bonds. The fraction of sp³-hybridized carbons (Fsp3) is 0.333. The molecule has 0 aliphatic rings. The van der Waals surface area contributed by atoms with E-state index in [4.69, 9.17) is 24.1 Å². The molecule has 0 fully saturated rings. The lowest BCUT2D eigenvalue weighted by molar-refractivity contribution is -0.137. The van der Waals surface area contributed by atoms with E-state index >= 15 is 0 Å². The minimum Gasteiger partial charge on any atom is -0.497 e. The molecule has 0 aromatic heterocycles. The predicted octanol–water partition coefficient (Wildman–Crippen LogP) is 5.06. The van der Waals surface area contributed by atoms with E-state index in [0.29, 0.717) is 30.2 Å². The molecule has 0 saturated carbocycles. The molecule has 0 heterocycles. The number of carbonyl (C=O) groups is 2. The van der Waals surface area contributed by atoms with Gasteiger partial charge in [0.2, 0.25) is 0 Å². The number of anilines is 1. The van der Waals surface area contributed by atoms with Crippen LogP contribution in [0.15, 0.2) is 72.8 Å². The summed E-state index contributed by atoms with van der Waals surface area (Å²) in [5.41, 5.74) is 1.38. The summed E-state index contributed by atoms with van der Waals surface area (Å²) in [4.78, 5) is 24.1. The van der Waals surface area contributed by atoms with Gasteiger partial charge < -0.3 is 24.1 Å². The van der Waals surface area contributed by atoms with Gasteiger partial charge in [-0.05, 0) is 55.3 Å². The number of nitrogens with one attached hydrogen (secondary N) is 1. The van der Waals surface area contributed by atoms with Gasteiger partial charge in [0.15, 0.2) is 0 Å². The zero-order valence-electron chi connectivity index (χ0n) is 20.3. The second kappa shape index (κ2) is 15.2. The van der Waals surface area contributed by atoms with Crippen molar-refractivity contribution in [3.05, 3.63) is 78.4 Å². The molecule has 188 valence electrons. The van der Waals surface area contributed by atoms with Gasteiger partial charge >= 0.3 is 12.1 Å². The van der Waals surface area contributed by atoms with E-state index < -0.39 is 18.2 Å². The maximum absolute atomic E-state index is 12.7. The summed E-state index contributed by atoms with van der Waals surface area (Å²) in [6, 6.07) is 14.2. The lowest BCUT2D eigenvalue weighted by Crippen LogP contribution is -2.21. The lowest BCUT2D eigenvalue weighted by Gasteiger charge is -2.24. The number of esters is 1. The van der Waals surface area contributed by atoms with E-state index in [0.717, 1.165) is 5.56 Å². The van der Waals surface area contributed by atoms with Crippen molar-refractivity contribution >= 4 is 17.7 Å². The summed E-state index contributed by atoms with van der Waals surface area (Å²) in [6.07, 6.45) is 6.09. The Balaban J connectivity index is 2.10. The number of rotatable bonds is 13. The molecular weight excluding hydrogens is 450 g/mol. The Kier molecular flexibility index (Phi) is 11.9. The Morgan fingerprint density at radius 2 is 1.71 bits per heavy atom. The number of methoxy groups -OCH3 is 1. The molecule has 8 heteroatoms. The highest BCUT2D eigenvalue weighted by molar-refractivity contribution is 5.84. The fourth-order valence-corrected chi connectivity index (χ4v) is 3.19. The molecule has 2 aromatic carbocycles. The average Bonchev–Trinajstić information content (AvgIpc) is 2.86. The topological polar surface area (TPSA) is 103 Å². The first-order valence-electron chi connectivity index (χ1n) is 11.4. The first-order chi connectivity index (χ1) is 17.0. The fourth-order valence-electron chi connectivity index (χ4n) is 3.19. The Morgan fingerprint density at radius 3 is 2.34 bits per heavy atom. The van der Waals surface area contributed by atoms with Crippen molar-refractivity contribution in [3.63, 3.8) is 0 Å². The van der Waals surface area contributed by atoms with Crippen molar-refractivity contribution in [2.24, 2.45) is 5.92 Å². The van der Waals surface area contributed by atoms with Crippen molar-refractivity contribution in [2.45, 2.75) is 26.4 Å². The molecule has 0 radical (unpaired) electrons. The molecule has 0 aliphatic carbocycles. The van der Waals surface area contributed by atoms with Gasteiger partial charge in [-0.1, -0.05) is 37.3 Å². The number of allylic oxidation sites excluding steroid dienone is 3. The first-order valence-corrected chi connectivity index (χ1v) is 11.4. The van der Waals surface area contributed by atoms with Crippen LogP contribution in [0, 0.1) is 5.92 Å². The Bertz CT molecular complexity index is 968. The van der Waals surface area contributed by atoms with Crippen LogP contribution in [-0.4, -0.2) is 44.1 Å². The largest absolute Gasteiger partial charge is 0.497 e. The normalized spacial score (nSPS) is 12.8. The Labute approximate surface area is 206 Å². The van der Waals surface area contributed by atoms with E-state index in [1.54, 1.807) is 62.6 Å². The quantitative estimate of drug-likeness (QED) is 0.233. The minimum absolute atomic E-state index is 0.0759. The van der Waals surface area contributed by atoms with Gasteiger partial charge in [0.05, 0.1) is 20.3 Å². The number of amides is 1. The molecule has 2 aromatic rings. The van der Waals surface area contributed by atoms with Gasteiger partial charge in [-0.25, -0.2) is 9.59 Å². The molecule has 2 atom stereocenters. The monoisotopic (exact) mass is 483 g/mol. The maximum Gasteiger partial charge on any atom is 0.412 e. The minimum atomic E-state index is -0.584. The number of hydrogen-bond acceptors (Lipinski definition) is 7. The number of benzene rings is 2. The number of aliphatic hydroxyl groups excluding tert-OH is 1. The van der Waals surface area contributed by atoms with Gasteiger partial charge in [0, 0.05) is 17.7 Å². The SMILES string of the molecule is CCOC(=O)/C=C/C=C/C[C@H](C)[C@H](OC(=O)Nc1ccc(OC)cc1)c1ccc(OCCO)cc1. The summed E-state index contributed by atoms with van der Waals surface area (Å²) >= 11 is 0. The van der Waals surface area contributed by atoms with Crippen LogP contribution >= 0.6 is 0 Å². The molecular formula is C27H33NO7. The van der Waals surface area contributed by atoms with Crippen LogP contribution in [0.1, 0.15) is 31.9 Å². The van der Waals surface area contributed by atoms with Crippen LogP contribution in [0.4, 0.5) is 10.5 Å². The third kappa shape index (κ3) is 9.93. The maximum atomic E-state index is 12.7. The van der Waals surface area contributed by atoms with E-state index in [9.17, 15) is 9.59 Å². The highest BCUT2D eigenvalue weighted by Gasteiger charge is 2.23. The second-order valence-corrected chi connectivity index (χ2v) is 7.57. The molecule has 0 spiro atoms. The smallest absolute Gasteiger partial charge is 0.412 e. The number of aliphatic hydroxyl groups is 1. The number of carbonyl (C=O) groups excluding carboxylic acids is 2. The second-order valence-electron chi connectivity index (χ2n) is 7.57. The summed E-state index contributed by atoms with van der Waals surface area (Å²) in [5, 5.41) is 11.7. The van der Waals surface area contributed by atoms with Crippen LogP contribution in [0.2, 0.25) is 0 Å². The number of hydrogen-bond donors (Lipinski definition) is 2. The van der Waals surface area contributed by atoms with Gasteiger partial charge in [0.1, 0.15) is 24.2 Å². The van der Waals surface area contributed by atoms with Crippen LogP contribution < -0.4 is 14.8 Å². The summed E-state index contributed by atoms with van der Waals surface area (Å²) in [5.74, 6) is 0.821. The highest BCUT2D eigenvalue weighted by Crippen LogP contribution is 2.31.